The van der Waals surface area contributed by atoms with Crippen LogP contribution in [0.25, 0.3) is 0 Å². The molecule has 27 heavy (non-hydrogen) atoms. The molecule has 1 saturated heterocycles. The lowest BCUT2D eigenvalue weighted by Crippen LogP contribution is -2.43. The van der Waals surface area contributed by atoms with Gasteiger partial charge < -0.3 is 10.6 Å². The SMILES string of the molecule is N#Cc1ccccc1NC(=O)C(=O)NCC(c1ccsc1)N1CCCCC1. The summed E-state index contributed by atoms with van der Waals surface area (Å²) in [6, 6.07) is 10.7. The average Bonchev–Trinajstić information content (AvgIpc) is 3.23. The van der Waals surface area contributed by atoms with Crippen LogP contribution in [0.15, 0.2) is 41.1 Å². The third-order valence-electron chi connectivity index (χ3n) is 4.72. The molecule has 1 atom stereocenters. The molecule has 0 bridgehead atoms. The van der Waals surface area contributed by atoms with Gasteiger partial charge in [-0.3, -0.25) is 14.5 Å². The van der Waals surface area contributed by atoms with Gasteiger partial charge in [0, 0.05) is 6.54 Å². The van der Waals surface area contributed by atoms with Crippen molar-refractivity contribution < 1.29 is 9.59 Å². The van der Waals surface area contributed by atoms with Crippen LogP contribution in [0.1, 0.15) is 36.4 Å². The first kappa shape index (κ1) is 19.1. The number of amides is 2. The van der Waals surface area contributed by atoms with Crippen LogP contribution >= 0.6 is 11.3 Å². The Kier molecular flexibility index (Phi) is 6.58. The van der Waals surface area contributed by atoms with Crippen molar-refractivity contribution in [1.82, 2.24) is 10.2 Å². The van der Waals surface area contributed by atoms with Gasteiger partial charge in [-0.05, 0) is 60.5 Å². The number of benzene rings is 1. The van der Waals surface area contributed by atoms with E-state index in [1.54, 1.807) is 35.6 Å². The van der Waals surface area contributed by atoms with Crippen molar-refractivity contribution >= 4 is 28.8 Å². The minimum atomic E-state index is -0.764. The second kappa shape index (κ2) is 9.31. The molecule has 1 aromatic carbocycles. The summed E-state index contributed by atoms with van der Waals surface area (Å²) in [5.41, 5.74) is 1.83. The number of hydrogen-bond donors (Lipinski definition) is 2. The Bertz CT molecular complexity index is 823. The van der Waals surface area contributed by atoms with Gasteiger partial charge in [0.05, 0.1) is 17.3 Å². The number of likely N-dealkylation sites (tertiary alicyclic amines) is 1. The standard InChI is InChI=1S/C20H22N4O2S/c21-12-15-6-2-3-7-17(15)23-20(26)19(25)22-13-18(16-8-11-27-14-16)24-9-4-1-5-10-24/h2-3,6-8,11,14,18H,1,4-5,9-10,13H2,(H,22,25)(H,23,26). The van der Waals surface area contributed by atoms with Gasteiger partial charge in [0.1, 0.15) is 6.07 Å². The summed E-state index contributed by atoms with van der Waals surface area (Å²) >= 11 is 1.63. The van der Waals surface area contributed by atoms with E-state index in [4.69, 9.17) is 5.26 Å². The topological polar surface area (TPSA) is 85.2 Å². The molecule has 140 valence electrons. The first-order valence-corrected chi connectivity index (χ1v) is 9.98. The lowest BCUT2D eigenvalue weighted by atomic mass is 10.0. The minimum Gasteiger partial charge on any atom is -0.346 e. The van der Waals surface area contributed by atoms with Crippen LogP contribution in [0.4, 0.5) is 5.69 Å². The van der Waals surface area contributed by atoms with Gasteiger partial charge in [-0.1, -0.05) is 18.6 Å². The predicted octanol–water partition coefficient (Wildman–Crippen LogP) is 2.90. The second-order valence-electron chi connectivity index (χ2n) is 6.49. The minimum absolute atomic E-state index is 0.0692. The lowest BCUT2D eigenvalue weighted by Gasteiger charge is -2.34. The Morgan fingerprint density at radius 3 is 2.63 bits per heavy atom. The maximum atomic E-state index is 12.3. The van der Waals surface area contributed by atoms with Crippen molar-refractivity contribution in [2.24, 2.45) is 0 Å². The first-order chi connectivity index (χ1) is 13.2. The highest BCUT2D eigenvalue weighted by Crippen LogP contribution is 2.25. The molecule has 0 spiro atoms. The summed E-state index contributed by atoms with van der Waals surface area (Å²) in [7, 11) is 0. The molecule has 1 aromatic heterocycles. The molecule has 2 aromatic rings. The van der Waals surface area contributed by atoms with Crippen molar-refractivity contribution in [3.8, 4) is 6.07 Å². The van der Waals surface area contributed by atoms with E-state index in [9.17, 15) is 9.59 Å². The van der Waals surface area contributed by atoms with E-state index in [2.05, 4.69) is 27.0 Å². The fraction of sp³-hybridized carbons (Fsp3) is 0.350. The molecule has 0 saturated carbocycles. The molecule has 1 fully saturated rings. The Hall–Kier alpha value is -2.69. The number of nitrogens with zero attached hydrogens (tertiary/aromatic N) is 2. The summed E-state index contributed by atoms with van der Waals surface area (Å²) in [6.07, 6.45) is 3.54. The summed E-state index contributed by atoms with van der Waals surface area (Å²) in [5, 5.41) is 18.5. The van der Waals surface area contributed by atoms with Crippen LogP contribution in [-0.2, 0) is 9.59 Å². The predicted molar refractivity (Wildman–Crippen MR) is 105 cm³/mol. The van der Waals surface area contributed by atoms with E-state index in [1.807, 2.05) is 11.4 Å². The van der Waals surface area contributed by atoms with Crippen molar-refractivity contribution in [3.05, 3.63) is 52.2 Å². The van der Waals surface area contributed by atoms with Crippen LogP contribution in [0.3, 0.4) is 0 Å². The van der Waals surface area contributed by atoms with Gasteiger partial charge in [-0.2, -0.15) is 16.6 Å². The second-order valence-corrected chi connectivity index (χ2v) is 7.27. The molecule has 0 radical (unpaired) electrons. The van der Waals surface area contributed by atoms with Crippen molar-refractivity contribution in [2.45, 2.75) is 25.3 Å². The van der Waals surface area contributed by atoms with Crippen LogP contribution in [0.2, 0.25) is 0 Å². The number of piperidine rings is 1. The zero-order valence-corrected chi connectivity index (χ0v) is 15.8. The Morgan fingerprint density at radius 2 is 1.93 bits per heavy atom. The average molecular weight is 382 g/mol. The monoisotopic (exact) mass is 382 g/mol. The molecule has 2 N–H and O–H groups in total. The molecule has 0 aliphatic carbocycles. The van der Waals surface area contributed by atoms with Gasteiger partial charge in [0.2, 0.25) is 0 Å². The number of nitrogens with one attached hydrogen (secondary N) is 2. The maximum Gasteiger partial charge on any atom is 0.313 e. The zero-order chi connectivity index (χ0) is 19.1. The smallest absolute Gasteiger partial charge is 0.313 e. The van der Waals surface area contributed by atoms with E-state index < -0.39 is 11.8 Å². The molecule has 7 heteroatoms. The summed E-state index contributed by atoms with van der Waals surface area (Å²) in [4.78, 5) is 26.9. The third-order valence-corrected chi connectivity index (χ3v) is 5.42. The van der Waals surface area contributed by atoms with Crippen LogP contribution < -0.4 is 10.6 Å². The number of carbonyl (C=O) groups excluding carboxylic acids is 2. The zero-order valence-electron chi connectivity index (χ0n) is 15.0. The van der Waals surface area contributed by atoms with Crippen LogP contribution in [0, 0.1) is 11.3 Å². The molecule has 1 aliphatic rings. The fourth-order valence-corrected chi connectivity index (χ4v) is 4.00. The highest BCUT2D eigenvalue weighted by molar-refractivity contribution is 7.08. The summed E-state index contributed by atoms with van der Waals surface area (Å²) in [5.74, 6) is -1.46. The molecule has 6 nitrogen and oxygen atoms in total. The molecular weight excluding hydrogens is 360 g/mol. The lowest BCUT2D eigenvalue weighted by molar-refractivity contribution is -0.136. The molecule has 1 aliphatic heterocycles. The molecule has 2 heterocycles. The van der Waals surface area contributed by atoms with Crippen LogP contribution in [0.5, 0.6) is 0 Å². The number of para-hydroxylation sites is 1. The summed E-state index contributed by atoms with van der Waals surface area (Å²) in [6.45, 7) is 2.37. The number of anilines is 1. The van der Waals surface area contributed by atoms with E-state index in [1.165, 1.54) is 6.42 Å². The van der Waals surface area contributed by atoms with E-state index in [0.29, 0.717) is 17.8 Å². The third kappa shape index (κ3) is 4.94. The fourth-order valence-electron chi connectivity index (χ4n) is 3.29. The number of carbonyl (C=O) groups is 2. The number of hydrogen-bond acceptors (Lipinski definition) is 5. The normalized spacial score (nSPS) is 15.5. The first-order valence-electron chi connectivity index (χ1n) is 9.03. The quantitative estimate of drug-likeness (QED) is 0.779. The Labute approximate surface area is 162 Å². The van der Waals surface area contributed by atoms with Gasteiger partial charge in [0.25, 0.3) is 0 Å². The number of rotatable bonds is 5. The van der Waals surface area contributed by atoms with E-state index >= 15 is 0 Å². The highest BCUT2D eigenvalue weighted by atomic mass is 32.1. The van der Waals surface area contributed by atoms with Gasteiger partial charge in [0.15, 0.2) is 0 Å². The molecule has 1 unspecified atom stereocenters. The molecular formula is C20H22N4O2S. The molecule has 3 rings (SSSR count). The summed E-state index contributed by atoms with van der Waals surface area (Å²) < 4.78 is 0. The Morgan fingerprint density at radius 1 is 1.15 bits per heavy atom. The number of nitriles is 1. The van der Waals surface area contributed by atoms with Gasteiger partial charge in [-0.25, -0.2) is 0 Å². The highest BCUT2D eigenvalue weighted by Gasteiger charge is 2.24. The van der Waals surface area contributed by atoms with Crippen molar-refractivity contribution in [3.63, 3.8) is 0 Å². The Balaban J connectivity index is 1.61. The van der Waals surface area contributed by atoms with Gasteiger partial charge in [-0.15, -0.1) is 0 Å². The van der Waals surface area contributed by atoms with E-state index in [-0.39, 0.29) is 6.04 Å². The van der Waals surface area contributed by atoms with E-state index in [0.717, 1.165) is 31.5 Å². The number of thiophene rings is 1. The molecule has 2 amide bonds. The van der Waals surface area contributed by atoms with Crippen molar-refractivity contribution in [2.75, 3.05) is 25.0 Å². The van der Waals surface area contributed by atoms with Crippen molar-refractivity contribution in [1.29, 1.82) is 5.26 Å². The maximum absolute atomic E-state index is 12.3. The largest absolute Gasteiger partial charge is 0.346 e. The van der Waals surface area contributed by atoms with Crippen LogP contribution in [-0.4, -0.2) is 36.3 Å². The van der Waals surface area contributed by atoms with Gasteiger partial charge >= 0.3 is 11.8 Å².